The van der Waals surface area contributed by atoms with E-state index in [-0.39, 0.29) is 23.7 Å². The summed E-state index contributed by atoms with van der Waals surface area (Å²) in [6, 6.07) is 4.13. The van der Waals surface area contributed by atoms with Gasteiger partial charge in [0.25, 0.3) is 0 Å². The average Bonchev–Trinajstić information content (AvgIpc) is 3.55. The first-order valence-electron chi connectivity index (χ1n) is 20.1. The van der Waals surface area contributed by atoms with E-state index in [2.05, 4.69) is 52.6 Å². The van der Waals surface area contributed by atoms with Crippen LogP contribution in [-0.2, 0) is 46.7 Å². The summed E-state index contributed by atoms with van der Waals surface area (Å²) >= 11 is 0. The smallest absolute Gasteiger partial charge is 0.303 e. The lowest BCUT2D eigenvalue weighted by Crippen LogP contribution is -2.77. The van der Waals surface area contributed by atoms with Crippen molar-refractivity contribution >= 4 is 22.7 Å². The second-order valence-electron chi connectivity index (χ2n) is 20.0. The maximum atomic E-state index is 14.3. The molecule has 288 valence electrons. The number of fused-ring (bicyclic) bond motifs is 10. The summed E-state index contributed by atoms with van der Waals surface area (Å²) in [5, 5.41) is 14.7. The van der Waals surface area contributed by atoms with E-state index in [1.165, 1.54) is 23.6 Å². The molecule has 2 N–H and O–H groups in total. The number of benzene rings is 1. The summed E-state index contributed by atoms with van der Waals surface area (Å²) in [5.41, 5.74) is 1.76. The number of ether oxygens (including phenoxy) is 5. The van der Waals surface area contributed by atoms with Crippen LogP contribution in [0, 0.1) is 23.2 Å². The monoisotopic (exact) mass is 729 g/mol. The highest BCUT2D eigenvalue weighted by Crippen LogP contribution is 2.75. The van der Waals surface area contributed by atoms with E-state index in [1.807, 2.05) is 39.8 Å². The molecule has 53 heavy (non-hydrogen) atoms. The van der Waals surface area contributed by atoms with Crippen LogP contribution in [0.5, 0.6) is 0 Å². The van der Waals surface area contributed by atoms with Crippen LogP contribution in [-0.4, -0.2) is 80.9 Å². The van der Waals surface area contributed by atoms with E-state index >= 15 is 0 Å². The summed E-state index contributed by atoms with van der Waals surface area (Å²) in [4.78, 5) is 30.9. The fourth-order valence-electron chi connectivity index (χ4n) is 13.4. The SMILES string of the molecule is CC(=O)O[C@H]1[C@H]2O[C@@]23[C@H](CCC2(C)[C@@]4(C)c5[nH]c6ccc7c(c6c5CC4CC[C@]23O)CC2C(C7=O)C(C)(C)OC2(C)C)O[C@@H]1C(C)(C)OCC=C(C)C. The van der Waals surface area contributed by atoms with Crippen molar-refractivity contribution in [2.75, 3.05) is 6.61 Å². The summed E-state index contributed by atoms with van der Waals surface area (Å²) in [6.07, 6.45) is 4.41. The van der Waals surface area contributed by atoms with Crippen molar-refractivity contribution in [1.82, 2.24) is 4.98 Å². The second kappa shape index (κ2) is 10.8. The number of nitrogens with one attached hydrogen (secondary N) is 1. The van der Waals surface area contributed by atoms with Crippen molar-refractivity contribution in [2.24, 2.45) is 23.2 Å². The van der Waals surface area contributed by atoms with Crippen LogP contribution in [0.15, 0.2) is 23.8 Å². The van der Waals surface area contributed by atoms with Crippen molar-refractivity contribution in [3.63, 3.8) is 0 Å². The van der Waals surface area contributed by atoms with Crippen molar-refractivity contribution in [3.8, 4) is 0 Å². The molecule has 9 heteroatoms. The molecule has 9 nitrogen and oxygen atoms in total. The van der Waals surface area contributed by atoms with E-state index in [1.54, 1.807) is 0 Å². The summed E-state index contributed by atoms with van der Waals surface area (Å²) in [5.74, 6) is 0.0191. The predicted octanol–water partition coefficient (Wildman–Crippen LogP) is 7.08. The third-order valence-electron chi connectivity index (χ3n) is 16.0. The molecule has 2 saturated carbocycles. The lowest BCUT2D eigenvalue weighted by molar-refractivity contribution is -0.284. The highest BCUT2D eigenvalue weighted by molar-refractivity contribution is 6.06. The number of allylic oxidation sites excluding steroid dienone is 1. The summed E-state index contributed by atoms with van der Waals surface area (Å²) in [7, 11) is 0. The first kappa shape index (κ1) is 36.1. The molecule has 1 aromatic carbocycles. The zero-order valence-corrected chi connectivity index (χ0v) is 33.5. The molecule has 3 saturated heterocycles. The minimum atomic E-state index is -1.24. The van der Waals surface area contributed by atoms with Crippen molar-refractivity contribution < 1.29 is 38.4 Å². The first-order chi connectivity index (χ1) is 24.6. The zero-order valence-electron chi connectivity index (χ0n) is 33.5. The van der Waals surface area contributed by atoms with E-state index in [4.69, 9.17) is 23.7 Å². The molecule has 4 unspecified atom stereocenters. The Labute approximate surface area is 313 Å². The number of carbonyl (C=O) groups excluding carboxylic acids is 2. The molecule has 5 fully saturated rings. The molecule has 1 aromatic heterocycles. The van der Waals surface area contributed by atoms with Gasteiger partial charge in [-0.2, -0.15) is 0 Å². The van der Waals surface area contributed by atoms with E-state index in [0.717, 1.165) is 47.9 Å². The van der Waals surface area contributed by atoms with Crippen molar-refractivity contribution in [2.45, 2.75) is 173 Å². The van der Waals surface area contributed by atoms with Gasteiger partial charge in [-0.3, -0.25) is 9.59 Å². The molecule has 2 aromatic rings. The maximum absolute atomic E-state index is 14.3. The van der Waals surface area contributed by atoms with Crippen LogP contribution in [0.4, 0.5) is 0 Å². The van der Waals surface area contributed by atoms with Gasteiger partial charge in [0.15, 0.2) is 17.5 Å². The van der Waals surface area contributed by atoms with E-state index < -0.39 is 63.1 Å². The van der Waals surface area contributed by atoms with Crippen LogP contribution < -0.4 is 0 Å². The number of rotatable bonds is 5. The lowest BCUT2D eigenvalue weighted by Gasteiger charge is -2.66. The summed E-state index contributed by atoms with van der Waals surface area (Å²) < 4.78 is 32.8. The highest BCUT2D eigenvalue weighted by atomic mass is 16.7. The molecule has 4 heterocycles. The fraction of sp³-hybridized carbons (Fsp3) is 0.727. The number of aromatic nitrogens is 1. The van der Waals surface area contributed by atoms with Crippen LogP contribution >= 0.6 is 0 Å². The number of aromatic amines is 1. The van der Waals surface area contributed by atoms with E-state index in [0.29, 0.717) is 25.4 Å². The number of esters is 1. The number of H-pyrrole nitrogens is 1. The first-order valence-corrected chi connectivity index (χ1v) is 20.1. The number of carbonyl (C=O) groups is 2. The number of hydrogen-bond acceptors (Lipinski definition) is 8. The molecule has 1 spiro atoms. The normalized spacial score (nSPS) is 42.7. The molecule has 9 rings (SSSR count). The second-order valence-corrected chi connectivity index (χ2v) is 20.0. The predicted molar refractivity (Wildman–Crippen MR) is 200 cm³/mol. The quantitative estimate of drug-likeness (QED) is 0.191. The molecular formula is C44H59NO8. The molecule has 7 aliphatic rings. The molecule has 11 atom stereocenters. The lowest BCUT2D eigenvalue weighted by atomic mass is 9.40. The van der Waals surface area contributed by atoms with Gasteiger partial charge >= 0.3 is 5.97 Å². The van der Waals surface area contributed by atoms with Crippen LogP contribution in [0.2, 0.25) is 0 Å². The highest BCUT2D eigenvalue weighted by Gasteiger charge is 2.87. The topological polar surface area (TPSA) is 120 Å². The molecule has 0 bridgehead atoms. The van der Waals surface area contributed by atoms with Gasteiger partial charge in [-0.1, -0.05) is 25.5 Å². The van der Waals surface area contributed by atoms with Gasteiger partial charge in [0.1, 0.15) is 17.8 Å². The van der Waals surface area contributed by atoms with Crippen LogP contribution in [0.1, 0.15) is 129 Å². The number of Topliss-reactive ketones (excluding diaryl/α,β-unsaturated/α-hetero) is 1. The molecule has 0 radical (unpaired) electrons. The van der Waals surface area contributed by atoms with Gasteiger partial charge in [0, 0.05) is 45.8 Å². The Hall–Kier alpha value is -2.56. The van der Waals surface area contributed by atoms with Gasteiger partial charge in [-0.05, 0) is 123 Å². The number of epoxide rings is 1. The number of hydrogen-bond donors (Lipinski definition) is 2. The molecule has 0 amide bonds. The zero-order chi connectivity index (χ0) is 38.1. The van der Waals surface area contributed by atoms with Gasteiger partial charge in [0.2, 0.25) is 0 Å². The molecule has 3 aliphatic heterocycles. The fourth-order valence-corrected chi connectivity index (χ4v) is 13.4. The third-order valence-corrected chi connectivity index (χ3v) is 16.0. The third kappa shape index (κ3) is 4.38. The minimum absolute atomic E-state index is 0.0942. The van der Waals surface area contributed by atoms with Crippen LogP contribution in [0.25, 0.3) is 10.9 Å². The Morgan fingerprint density at radius 1 is 1.02 bits per heavy atom. The Balaban J connectivity index is 1.11. The Morgan fingerprint density at radius 3 is 2.45 bits per heavy atom. The van der Waals surface area contributed by atoms with Gasteiger partial charge in [0.05, 0.1) is 35.4 Å². The standard InChI is InChI=1S/C44H59NO8/c1-22(2)16-19-49-40(8,9)36-34(50-23(3)46)37-44(52-37)30(51-36)15-17-41(10)42(11)24(14-18-43(41,44)48)20-27-31-26-21-28-32(39(6,7)53-38(28,4)5)33(47)25(26)12-13-29(31)45-35(27)42/h12-13,16,24,28,30,32,34,36-37,45,48H,14-15,17-21H2,1-11H3/t24?,28?,30-,32?,34+,36-,37+,41?,42+,43-,44-/m0/s1. The van der Waals surface area contributed by atoms with Gasteiger partial charge in [-0.25, -0.2) is 0 Å². The molecular weight excluding hydrogens is 670 g/mol. The van der Waals surface area contributed by atoms with Gasteiger partial charge in [-0.15, -0.1) is 0 Å². The Morgan fingerprint density at radius 2 is 1.75 bits per heavy atom. The van der Waals surface area contributed by atoms with Crippen molar-refractivity contribution in [1.29, 1.82) is 0 Å². The average molecular weight is 730 g/mol. The van der Waals surface area contributed by atoms with Crippen molar-refractivity contribution in [3.05, 3.63) is 46.2 Å². The number of aliphatic hydroxyl groups is 1. The molecule has 4 aliphatic carbocycles. The summed E-state index contributed by atoms with van der Waals surface area (Å²) in [6.45, 7) is 22.9. The van der Waals surface area contributed by atoms with E-state index in [9.17, 15) is 14.7 Å². The maximum Gasteiger partial charge on any atom is 0.303 e. The number of ketones is 1. The Kier molecular flexibility index (Phi) is 7.38. The largest absolute Gasteiger partial charge is 0.457 e. The minimum Gasteiger partial charge on any atom is -0.457 e. The Bertz CT molecular complexity index is 1970. The van der Waals surface area contributed by atoms with Gasteiger partial charge < -0.3 is 33.8 Å². The van der Waals surface area contributed by atoms with Crippen LogP contribution in [0.3, 0.4) is 0 Å².